The van der Waals surface area contributed by atoms with Gasteiger partial charge in [-0.2, -0.15) is 0 Å². The SMILES string of the molecule is COC(=O)c1ccc(C(=O)N(C)CCOc2ccc(C)cc2)nc1. The highest BCUT2D eigenvalue weighted by atomic mass is 16.5. The van der Waals surface area contributed by atoms with Crippen molar-refractivity contribution in [3.05, 3.63) is 59.4 Å². The number of esters is 1. The number of aromatic nitrogens is 1. The fourth-order valence-corrected chi connectivity index (χ4v) is 1.99. The van der Waals surface area contributed by atoms with Gasteiger partial charge in [0.2, 0.25) is 0 Å². The van der Waals surface area contributed by atoms with Crippen LogP contribution >= 0.6 is 0 Å². The lowest BCUT2D eigenvalue weighted by atomic mass is 10.2. The second-order valence-electron chi connectivity index (χ2n) is 5.31. The van der Waals surface area contributed by atoms with Gasteiger partial charge >= 0.3 is 5.97 Å². The molecule has 6 nitrogen and oxygen atoms in total. The Hall–Kier alpha value is -2.89. The lowest BCUT2D eigenvalue weighted by Gasteiger charge is -2.17. The van der Waals surface area contributed by atoms with Gasteiger partial charge in [0.1, 0.15) is 18.1 Å². The van der Waals surface area contributed by atoms with Crippen LogP contribution in [0.15, 0.2) is 42.6 Å². The molecule has 0 saturated carbocycles. The van der Waals surface area contributed by atoms with Crippen molar-refractivity contribution >= 4 is 11.9 Å². The molecule has 1 heterocycles. The summed E-state index contributed by atoms with van der Waals surface area (Å²) in [4.78, 5) is 29.2. The molecule has 0 aliphatic heterocycles. The molecule has 6 heteroatoms. The minimum absolute atomic E-state index is 0.237. The molecule has 0 aliphatic carbocycles. The number of rotatable bonds is 6. The Kier molecular flexibility index (Phi) is 5.89. The fourth-order valence-electron chi connectivity index (χ4n) is 1.99. The van der Waals surface area contributed by atoms with Crippen molar-refractivity contribution in [2.24, 2.45) is 0 Å². The smallest absolute Gasteiger partial charge is 0.339 e. The highest BCUT2D eigenvalue weighted by molar-refractivity contribution is 5.94. The van der Waals surface area contributed by atoms with E-state index in [4.69, 9.17) is 4.74 Å². The molecule has 0 fully saturated rings. The highest BCUT2D eigenvalue weighted by Gasteiger charge is 2.14. The van der Waals surface area contributed by atoms with Crippen LogP contribution in [-0.2, 0) is 4.74 Å². The van der Waals surface area contributed by atoms with Gasteiger partial charge in [0.05, 0.1) is 19.2 Å². The van der Waals surface area contributed by atoms with Gasteiger partial charge in [0.15, 0.2) is 0 Å². The maximum absolute atomic E-state index is 12.3. The lowest BCUT2D eigenvalue weighted by Crippen LogP contribution is -2.31. The first-order chi connectivity index (χ1) is 11.5. The molecular weight excluding hydrogens is 308 g/mol. The summed E-state index contributed by atoms with van der Waals surface area (Å²) in [6.07, 6.45) is 1.33. The number of hydrogen-bond donors (Lipinski definition) is 0. The van der Waals surface area contributed by atoms with E-state index in [1.165, 1.54) is 30.3 Å². The largest absolute Gasteiger partial charge is 0.492 e. The van der Waals surface area contributed by atoms with Crippen molar-refractivity contribution < 1.29 is 19.1 Å². The van der Waals surface area contributed by atoms with Gasteiger partial charge < -0.3 is 14.4 Å². The molecule has 0 atom stereocenters. The number of ether oxygens (including phenoxy) is 2. The summed E-state index contributed by atoms with van der Waals surface area (Å²) in [5.74, 6) is 0.0438. The number of amides is 1. The Balaban J connectivity index is 1.87. The average Bonchev–Trinajstić information content (AvgIpc) is 2.62. The lowest BCUT2D eigenvalue weighted by molar-refractivity contribution is 0.0599. The van der Waals surface area contributed by atoms with Crippen molar-refractivity contribution in [3.63, 3.8) is 0 Å². The van der Waals surface area contributed by atoms with Crippen molar-refractivity contribution in [2.45, 2.75) is 6.92 Å². The number of pyridine rings is 1. The van der Waals surface area contributed by atoms with Gasteiger partial charge in [0.25, 0.3) is 5.91 Å². The summed E-state index contributed by atoms with van der Waals surface area (Å²) < 4.78 is 10.2. The van der Waals surface area contributed by atoms with Crippen LogP contribution in [0.4, 0.5) is 0 Å². The Morgan fingerprint density at radius 1 is 1.12 bits per heavy atom. The molecule has 0 aliphatic rings. The summed E-state index contributed by atoms with van der Waals surface area (Å²) in [6.45, 7) is 2.81. The molecule has 1 amide bonds. The first kappa shape index (κ1) is 17.5. The van der Waals surface area contributed by atoms with E-state index in [0.717, 1.165) is 11.3 Å². The van der Waals surface area contributed by atoms with Gasteiger partial charge in [-0.1, -0.05) is 17.7 Å². The number of likely N-dealkylation sites (N-methyl/N-ethyl adjacent to an activating group) is 1. The Morgan fingerprint density at radius 3 is 2.42 bits per heavy atom. The quantitative estimate of drug-likeness (QED) is 0.761. The highest BCUT2D eigenvalue weighted by Crippen LogP contribution is 2.11. The summed E-state index contributed by atoms with van der Waals surface area (Å²) >= 11 is 0. The van der Waals surface area contributed by atoms with E-state index in [1.54, 1.807) is 7.05 Å². The number of hydrogen-bond acceptors (Lipinski definition) is 5. The maximum atomic E-state index is 12.3. The Labute approximate surface area is 141 Å². The van der Waals surface area contributed by atoms with Gasteiger partial charge in [-0.15, -0.1) is 0 Å². The fraction of sp³-hybridized carbons (Fsp3) is 0.278. The number of aryl methyl sites for hydroxylation is 1. The molecular formula is C18H20N2O4. The summed E-state index contributed by atoms with van der Waals surface area (Å²) in [5, 5.41) is 0. The molecule has 1 aromatic carbocycles. The molecule has 24 heavy (non-hydrogen) atoms. The van der Waals surface area contributed by atoms with E-state index in [0.29, 0.717) is 18.7 Å². The van der Waals surface area contributed by atoms with Crippen LogP contribution in [0.2, 0.25) is 0 Å². The molecule has 1 aromatic heterocycles. The van der Waals surface area contributed by atoms with Gasteiger partial charge in [-0.25, -0.2) is 4.79 Å². The maximum Gasteiger partial charge on any atom is 0.339 e. The molecule has 2 aromatic rings. The van der Waals surface area contributed by atoms with Crippen LogP contribution in [0.25, 0.3) is 0 Å². The zero-order valence-corrected chi connectivity index (χ0v) is 14.0. The number of carbonyl (C=O) groups is 2. The zero-order valence-electron chi connectivity index (χ0n) is 14.0. The Morgan fingerprint density at radius 2 is 1.83 bits per heavy atom. The monoisotopic (exact) mass is 328 g/mol. The van der Waals surface area contributed by atoms with Crippen LogP contribution in [0.3, 0.4) is 0 Å². The normalized spacial score (nSPS) is 10.1. The van der Waals surface area contributed by atoms with Crippen molar-refractivity contribution in [1.82, 2.24) is 9.88 Å². The summed E-state index contributed by atoms with van der Waals surface area (Å²) in [6, 6.07) is 10.7. The van der Waals surface area contributed by atoms with E-state index in [2.05, 4.69) is 9.72 Å². The van der Waals surface area contributed by atoms with E-state index in [1.807, 2.05) is 31.2 Å². The third kappa shape index (κ3) is 4.55. The van der Waals surface area contributed by atoms with Gasteiger partial charge in [-0.3, -0.25) is 9.78 Å². The predicted octanol–water partition coefficient (Wildman–Crippen LogP) is 2.33. The topological polar surface area (TPSA) is 68.7 Å². The predicted molar refractivity (Wildman–Crippen MR) is 89.2 cm³/mol. The Bertz CT molecular complexity index is 696. The van der Waals surface area contributed by atoms with Crippen molar-refractivity contribution in [1.29, 1.82) is 0 Å². The summed E-state index contributed by atoms with van der Waals surface area (Å²) in [7, 11) is 2.97. The van der Waals surface area contributed by atoms with Gasteiger partial charge in [0, 0.05) is 13.2 Å². The number of nitrogens with zero attached hydrogens (tertiary/aromatic N) is 2. The molecule has 0 unspecified atom stereocenters. The average molecular weight is 328 g/mol. The number of methoxy groups -OCH3 is 1. The summed E-state index contributed by atoms with van der Waals surface area (Å²) in [5.41, 5.74) is 1.73. The van der Waals surface area contributed by atoms with Crippen LogP contribution in [0.5, 0.6) is 5.75 Å². The minimum Gasteiger partial charge on any atom is -0.492 e. The standard InChI is InChI=1S/C18H20N2O4/c1-13-4-7-15(8-5-13)24-11-10-20(2)17(21)16-9-6-14(12-19-16)18(22)23-3/h4-9,12H,10-11H2,1-3H3. The second-order valence-corrected chi connectivity index (χ2v) is 5.31. The first-order valence-electron chi connectivity index (χ1n) is 7.50. The van der Waals surface area contributed by atoms with Crippen molar-refractivity contribution in [3.8, 4) is 5.75 Å². The number of carbonyl (C=O) groups excluding carboxylic acids is 2. The van der Waals surface area contributed by atoms with E-state index in [9.17, 15) is 9.59 Å². The third-order valence-electron chi connectivity index (χ3n) is 3.47. The molecule has 0 bridgehead atoms. The van der Waals surface area contributed by atoms with Crippen LogP contribution < -0.4 is 4.74 Å². The third-order valence-corrected chi connectivity index (χ3v) is 3.47. The van der Waals surface area contributed by atoms with E-state index >= 15 is 0 Å². The number of benzene rings is 1. The molecule has 0 spiro atoms. The molecule has 126 valence electrons. The molecule has 0 saturated heterocycles. The van der Waals surface area contributed by atoms with Crippen LogP contribution in [0.1, 0.15) is 26.4 Å². The zero-order chi connectivity index (χ0) is 17.5. The molecule has 0 radical (unpaired) electrons. The van der Waals surface area contributed by atoms with E-state index in [-0.39, 0.29) is 11.6 Å². The van der Waals surface area contributed by atoms with Crippen LogP contribution in [0, 0.1) is 6.92 Å². The van der Waals surface area contributed by atoms with Crippen molar-refractivity contribution in [2.75, 3.05) is 27.3 Å². The molecule has 0 N–H and O–H groups in total. The van der Waals surface area contributed by atoms with Crippen LogP contribution in [-0.4, -0.2) is 49.1 Å². The first-order valence-corrected chi connectivity index (χ1v) is 7.50. The second kappa shape index (κ2) is 8.10. The molecule has 2 rings (SSSR count). The van der Waals surface area contributed by atoms with Gasteiger partial charge in [-0.05, 0) is 31.2 Å². The minimum atomic E-state index is -0.485. The van der Waals surface area contributed by atoms with E-state index < -0.39 is 5.97 Å².